The van der Waals surface area contributed by atoms with E-state index in [1.165, 1.54) is 0 Å². The first-order chi connectivity index (χ1) is 11.0. The Labute approximate surface area is 139 Å². The van der Waals surface area contributed by atoms with E-state index in [4.69, 9.17) is 4.42 Å². The molecule has 2 rings (SSSR count). The van der Waals surface area contributed by atoms with Gasteiger partial charge >= 0.3 is 0 Å². The Balaban J connectivity index is 2.09. The minimum absolute atomic E-state index is 0.131. The SMILES string of the molecule is CCC(=O)NC(CCSC)C(=O)Nc1ccc2oc(C)nc2c1. The lowest BCUT2D eigenvalue weighted by Gasteiger charge is -2.17. The Morgan fingerprint density at radius 1 is 1.39 bits per heavy atom. The van der Waals surface area contributed by atoms with E-state index in [0.29, 0.717) is 35.5 Å². The normalized spacial score (nSPS) is 12.1. The van der Waals surface area contributed by atoms with Crippen LogP contribution >= 0.6 is 11.8 Å². The van der Waals surface area contributed by atoms with Crippen LogP contribution in [-0.4, -0.2) is 34.8 Å². The number of aromatic nitrogens is 1. The predicted octanol–water partition coefficient (Wildman–Crippen LogP) is 2.72. The summed E-state index contributed by atoms with van der Waals surface area (Å²) in [4.78, 5) is 28.3. The average molecular weight is 335 g/mol. The van der Waals surface area contributed by atoms with E-state index in [1.54, 1.807) is 43.8 Å². The summed E-state index contributed by atoms with van der Waals surface area (Å²) in [5, 5.41) is 5.60. The molecule has 1 atom stereocenters. The zero-order valence-electron chi connectivity index (χ0n) is 13.5. The number of anilines is 1. The third-order valence-electron chi connectivity index (χ3n) is 3.35. The number of fused-ring (bicyclic) bond motifs is 1. The number of amides is 2. The molecular weight excluding hydrogens is 314 g/mol. The zero-order valence-corrected chi connectivity index (χ0v) is 14.3. The van der Waals surface area contributed by atoms with Crippen molar-refractivity contribution in [3.8, 4) is 0 Å². The van der Waals surface area contributed by atoms with Crippen LogP contribution in [0.5, 0.6) is 0 Å². The average Bonchev–Trinajstić information content (AvgIpc) is 2.90. The third-order valence-corrected chi connectivity index (χ3v) is 3.99. The van der Waals surface area contributed by atoms with Gasteiger partial charge in [0.1, 0.15) is 11.6 Å². The molecule has 0 bridgehead atoms. The minimum Gasteiger partial charge on any atom is -0.441 e. The Morgan fingerprint density at radius 3 is 2.87 bits per heavy atom. The molecule has 6 nitrogen and oxygen atoms in total. The van der Waals surface area contributed by atoms with Gasteiger partial charge in [0.25, 0.3) is 0 Å². The van der Waals surface area contributed by atoms with Gasteiger partial charge in [-0.2, -0.15) is 11.8 Å². The van der Waals surface area contributed by atoms with Crippen LogP contribution in [0.25, 0.3) is 11.1 Å². The Kier molecular flexibility index (Phi) is 6.04. The summed E-state index contributed by atoms with van der Waals surface area (Å²) < 4.78 is 5.41. The lowest BCUT2D eigenvalue weighted by molar-refractivity contribution is -0.126. The van der Waals surface area contributed by atoms with Crippen LogP contribution < -0.4 is 10.6 Å². The second-order valence-electron chi connectivity index (χ2n) is 5.16. The first kappa shape index (κ1) is 17.3. The molecule has 1 unspecified atom stereocenters. The molecule has 124 valence electrons. The number of nitrogens with one attached hydrogen (secondary N) is 2. The highest BCUT2D eigenvalue weighted by atomic mass is 32.2. The summed E-state index contributed by atoms with van der Waals surface area (Å²) in [7, 11) is 0. The maximum atomic E-state index is 12.4. The smallest absolute Gasteiger partial charge is 0.246 e. The number of carbonyl (C=O) groups is 2. The van der Waals surface area contributed by atoms with Crippen LogP contribution in [0, 0.1) is 6.92 Å². The van der Waals surface area contributed by atoms with Crippen LogP contribution in [0.1, 0.15) is 25.7 Å². The summed E-state index contributed by atoms with van der Waals surface area (Å²) in [5.41, 5.74) is 2.01. The monoisotopic (exact) mass is 335 g/mol. The summed E-state index contributed by atoms with van der Waals surface area (Å²) in [5.74, 6) is 1.02. The molecule has 0 fully saturated rings. The minimum atomic E-state index is -0.537. The van der Waals surface area contributed by atoms with Crippen LogP contribution in [0.2, 0.25) is 0 Å². The number of benzene rings is 1. The third kappa shape index (κ3) is 4.72. The van der Waals surface area contributed by atoms with E-state index < -0.39 is 6.04 Å². The molecule has 0 saturated carbocycles. The molecule has 1 aromatic carbocycles. The molecule has 2 amide bonds. The van der Waals surface area contributed by atoms with Crippen LogP contribution in [0.15, 0.2) is 22.6 Å². The Hall–Kier alpha value is -2.02. The van der Waals surface area contributed by atoms with E-state index in [0.717, 1.165) is 5.75 Å². The van der Waals surface area contributed by atoms with Gasteiger partial charge in [-0.15, -0.1) is 0 Å². The van der Waals surface area contributed by atoms with E-state index in [9.17, 15) is 9.59 Å². The van der Waals surface area contributed by atoms with Crippen LogP contribution in [-0.2, 0) is 9.59 Å². The first-order valence-electron chi connectivity index (χ1n) is 7.49. The molecule has 1 aromatic heterocycles. The topological polar surface area (TPSA) is 84.2 Å². The summed E-state index contributed by atoms with van der Waals surface area (Å²) >= 11 is 1.64. The maximum absolute atomic E-state index is 12.4. The number of aryl methyl sites for hydroxylation is 1. The molecule has 0 aliphatic heterocycles. The van der Waals surface area contributed by atoms with Crippen molar-refractivity contribution in [3.63, 3.8) is 0 Å². The van der Waals surface area contributed by atoms with Gasteiger partial charge < -0.3 is 15.1 Å². The molecule has 0 spiro atoms. The highest BCUT2D eigenvalue weighted by molar-refractivity contribution is 7.98. The molecule has 1 heterocycles. The predicted molar refractivity (Wildman–Crippen MR) is 92.6 cm³/mol. The van der Waals surface area contributed by atoms with Crippen molar-refractivity contribution in [2.24, 2.45) is 0 Å². The largest absolute Gasteiger partial charge is 0.441 e. The Bertz CT molecular complexity index is 699. The lowest BCUT2D eigenvalue weighted by Crippen LogP contribution is -2.43. The standard InChI is InChI=1S/C16H21N3O3S/c1-4-15(20)19-12(7-8-23-3)16(21)18-11-5-6-14-13(9-11)17-10(2)22-14/h5-6,9,12H,4,7-8H2,1-3H3,(H,18,21)(H,19,20). The number of hydrogen-bond acceptors (Lipinski definition) is 5. The number of oxazole rings is 1. The number of thioether (sulfide) groups is 1. The summed E-state index contributed by atoms with van der Waals surface area (Å²) in [6.45, 7) is 3.54. The summed E-state index contributed by atoms with van der Waals surface area (Å²) in [6, 6.07) is 4.76. The maximum Gasteiger partial charge on any atom is 0.246 e. The molecule has 7 heteroatoms. The van der Waals surface area contributed by atoms with Gasteiger partial charge in [-0.1, -0.05) is 6.92 Å². The van der Waals surface area contributed by atoms with Crippen molar-refractivity contribution in [1.82, 2.24) is 10.3 Å². The fraction of sp³-hybridized carbons (Fsp3) is 0.438. The van der Waals surface area contributed by atoms with Crippen LogP contribution in [0.4, 0.5) is 5.69 Å². The molecule has 2 aromatic rings. The molecule has 2 N–H and O–H groups in total. The highest BCUT2D eigenvalue weighted by Gasteiger charge is 2.20. The highest BCUT2D eigenvalue weighted by Crippen LogP contribution is 2.20. The molecule has 23 heavy (non-hydrogen) atoms. The van der Waals surface area contributed by atoms with Gasteiger partial charge in [0.15, 0.2) is 11.5 Å². The van der Waals surface area contributed by atoms with Gasteiger partial charge in [0.2, 0.25) is 11.8 Å². The van der Waals surface area contributed by atoms with Gasteiger partial charge in [-0.3, -0.25) is 9.59 Å². The second kappa shape index (κ2) is 8.01. The number of rotatable bonds is 7. The fourth-order valence-corrected chi connectivity index (χ4v) is 2.62. The molecule has 0 aliphatic rings. The fourth-order valence-electron chi connectivity index (χ4n) is 2.15. The quantitative estimate of drug-likeness (QED) is 0.813. The van der Waals surface area contributed by atoms with Crippen molar-refractivity contribution >= 4 is 40.4 Å². The van der Waals surface area contributed by atoms with Gasteiger partial charge in [-0.25, -0.2) is 4.98 Å². The lowest BCUT2D eigenvalue weighted by atomic mass is 10.2. The van der Waals surface area contributed by atoms with E-state index in [-0.39, 0.29) is 11.8 Å². The molecule has 0 saturated heterocycles. The molecule has 0 aliphatic carbocycles. The van der Waals surface area contributed by atoms with Crippen molar-refractivity contribution in [2.75, 3.05) is 17.3 Å². The van der Waals surface area contributed by atoms with Gasteiger partial charge in [0.05, 0.1) is 0 Å². The van der Waals surface area contributed by atoms with E-state index in [2.05, 4.69) is 15.6 Å². The molecule has 0 radical (unpaired) electrons. The zero-order chi connectivity index (χ0) is 16.8. The van der Waals surface area contributed by atoms with E-state index >= 15 is 0 Å². The van der Waals surface area contributed by atoms with Crippen molar-refractivity contribution in [3.05, 3.63) is 24.1 Å². The Morgan fingerprint density at radius 2 is 2.17 bits per heavy atom. The number of hydrogen-bond donors (Lipinski definition) is 2. The van der Waals surface area contributed by atoms with Crippen molar-refractivity contribution < 1.29 is 14.0 Å². The summed E-state index contributed by atoms with van der Waals surface area (Å²) in [6.07, 6.45) is 2.91. The van der Waals surface area contributed by atoms with E-state index in [1.807, 2.05) is 6.26 Å². The number of nitrogens with zero attached hydrogens (tertiary/aromatic N) is 1. The second-order valence-corrected chi connectivity index (χ2v) is 6.15. The van der Waals surface area contributed by atoms with Crippen molar-refractivity contribution in [1.29, 1.82) is 0 Å². The van der Waals surface area contributed by atoms with Gasteiger partial charge in [-0.05, 0) is 36.6 Å². The van der Waals surface area contributed by atoms with Crippen molar-refractivity contribution in [2.45, 2.75) is 32.7 Å². The molecular formula is C16H21N3O3S. The van der Waals surface area contributed by atoms with Crippen LogP contribution in [0.3, 0.4) is 0 Å². The first-order valence-corrected chi connectivity index (χ1v) is 8.89. The number of carbonyl (C=O) groups excluding carboxylic acids is 2. The van der Waals surface area contributed by atoms with Gasteiger partial charge in [0, 0.05) is 19.0 Å².